The molecule has 0 bridgehead atoms. The molecule has 1 fully saturated rings. The Morgan fingerprint density at radius 3 is 2.42 bits per heavy atom. The molecule has 0 aromatic heterocycles. The number of carbonyl (C=O) groups excluding carboxylic acids is 1. The first kappa shape index (κ1) is 40.7. The second kappa shape index (κ2) is 19.7. The van der Waals surface area contributed by atoms with Gasteiger partial charge in [-0.2, -0.15) is 0 Å². The van der Waals surface area contributed by atoms with Crippen LogP contribution < -0.4 is 20.3 Å². The smallest absolute Gasteiger partial charge is 0.224 e. The summed E-state index contributed by atoms with van der Waals surface area (Å²) in [6, 6.07) is 20.9. The molecule has 0 spiro atoms. The molecule has 1 amide bonds. The quantitative estimate of drug-likeness (QED) is 0.161. The van der Waals surface area contributed by atoms with Crippen LogP contribution in [0.25, 0.3) is 0 Å². The van der Waals surface area contributed by atoms with Crippen molar-refractivity contribution in [1.29, 1.82) is 0 Å². The number of sulfone groups is 1. The molecule has 11 nitrogen and oxygen atoms in total. The molecule has 0 aliphatic carbocycles. The molecule has 2 aliphatic rings. The van der Waals surface area contributed by atoms with Crippen molar-refractivity contribution in [3.05, 3.63) is 89.0 Å². The number of carbonyl (C=O) groups is 1. The average Bonchev–Trinajstić information content (AvgIpc) is 3.18. The zero-order chi connectivity index (χ0) is 37.8. The van der Waals surface area contributed by atoms with E-state index in [1.165, 1.54) is 0 Å². The highest BCUT2D eigenvalue weighted by molar-refractivity contribution is 7.92. The van der Waals surface area contributed by atoms with Gasteiger partial charge in [0.2, 0.25) is 5.91 Å². The van der Waals surface area contributed by atoms with Gasteiger partial charge in [0.25, 0.3) is 0 Å². The maximum atomic E-state index is 14.5. The van der Waals surface area contributed by atoms with Crippen molar-refractivity contribution in [2.45, 2.75) is 74.5 Å². The van der Waals surface area contributed by atoms with Crippen LogP contribution in [-0.4, -0.2) is 99.0 Å². The number of fused-ring (bicyclic) bond motifs is 1. The molecular formula is C41H57N3O8S. The van der Waals surface area contributed by atoms with Crippen LogP contribution in [0.15, 0.2) is 71.6 Å². The van der Waals surface area contributed by atoms with Gasteiger partial charge in [-0.15, -0.1) is 0 Å². The van der Waals surface area contributed by atoms with Gasteiger partial charge in [0.05, 0.1) is 60.8 Å². The highest BCUT2D eigenvalue weighted by atomic mass is 32.2. The first-order valence-electron chi connectivity index (χ1n) is 18.7. The molecule has 5 rings (SSSR count). The van der Waals surface area contributed by atoms with Crippen molar-refractivity contribution < 1.29 is 36.9 Å². The summed E-state index contributed by atoms with van der Waals surface area (Å²) >= 11 is 0. The number of amides is 1. The third-order valence-electron chi connectivity index (χ3n) is 10.4. The second-order valence-electron chi connectivity index (χ2n) is 13.9. The zero-order valence-corrected chi connectivity index (χ0v) is 32.7. The lowest BCUT2D eigenvalue weighted by Crippen LogP contribution is -2.57. The standard InChI is InChI=1S/C41H57N3O8S/c1-6-34(41(45)42-3)40(53(46,47)33-15-8-29(2)9-16-33)36-25-35(32-13-10-30(11-14-32)27-50-23-22-49-5)39(26-43-36)52-28-31-12-17-38-37(24-31)44(19-21-51-38)18-7-20-48-4/h8-17,24,34-36,39-40,43H,6-7,18-23,25-28H2,1-5H3,(H,42,45)/t34?,35-,36+,39+,40?/m1/s1. The monoisotopic (exact) mass is 751 g/mol. The summed E-state index contributed by atoms with van der Waals surface area (Å²) in [5.74, 6) is -0.311. The van der Waals surface area contributed by atoms with E-state index in [1.54, 1.807) is 45.5 Å². The number of methoxy groups -OCH3 is 2. The number of piperidine rings is 1. The van der Waals surface area contributed by atoms with Crippen LogP contribution >= 0.6 is 0 Å². The largest absolute Gasteiger partial charge is 0.490 e. The Kier molecular flexibility index (Phi) is 15.1. The Morgan fingerprint density at radius 1 is 0.981 bits per heavy atom. The van der Waals surface area contributed by atoms with E-state index < -0.39 is 27.0 Å². The lowest BCUT2D eigenvalue weighted by Gasteiger charge is -2.42. The van der Waals surface area contributed by atoms with Gasteiger partial charge >= 0.3 is 0 Å². The summed E-state index contributed by atoms with van der Waals surface area (Å²) in [6.07, 6.45) is 1.50. The van der Waals surface area contributed by atoms with Crippen LogP contribution in [0.5, 0.6) is 5.75 Å². The number of anilines is 1. The van der Waals surface area contributed by atoms with E-state index in [2.05, 4.69) is 45.9 Å². The van der Waals surface area contributed by atoms with Crippen molar-refractivity contribution in [3.8, 4) is 5.75 Å². The molecule has 3 aromatic rings. The van der Waals surface area contributed by atoms with E-state index in [0.29, 0.717) is 59.0 Å². The Morgan fingerprint density at radius 2 is 1.72 bits per heavy atom. The predicted molar refractivity (Wildman–Crippen MR) is 206 cm³/mol. The Bertz CT molecular complexity index is 1700. The van der Waals surface area contributed by atoms with Gasteiger partial charge in [0.1, 0.15) is 12.4 Å². The number of benzene rings is 3. The lowest BCUT2D eigenvalue weighted by molar-refractivity contribution is -0.125. The first-order valence-corrected chi connectivity index (χ1v) is 20.3. The lowest BCUT2D eigenvalue weighted by atomic mass is 9.80. The molecule has 53 heavy (non-hydrogen) atoms. The minimum absolute atomic E-state index is 0.144. The molecule has 12 heteroatoms. The third kappa shape index (κ3) is 10.4. The molecule has 2 heterocycles. The molecular weight excluding hydrogens is 695 g/mol. The summed E-state index contributed by atoms with van der Waals surface area (Å²) < 4.78 is 57.9. The van der Waals surface area contributed by atoms with Gasteiger partial charge in [-0.05, 0) is 67.1 Å². The summed E-state index contributed by atoms with van der Waals surface area (Å²) in [4.78, 5) is 15.9. The third-order valence-corrected chi connectivity index (χ3v) is 12.7. The molecule has 1 saturated heterocycles. The Hall–Kier alpha value is -3.52. The van der Waals surface area contributed by atoms with Crippen LogP contribution in [0.4, 0.5) is 5.69 Å². The molecule has 0 radical (unpaired) electrons. The number of aryl methyl sites for hydroxylation is 1. The SMILES string of the molecule is CCC(C(=O)NC)C([C@@H]1C[C@H](c2ccc(COCCOC)cc2)[C@@H](OCc2ccc3c(c2)N(CCCOC)CCO3)CN1)S(=O)(=O)c1ccc(C)cc1. The van der Waals surface area contributed by atoms with E-state index in [4.69, 9.17) is 23.7 Å². The van der Waals surface area contributed by atoms with E-state index in [-0.39, 0.29) is 22.8 Å². The fourth-order valence-electron chi connectivity index (χ4n) is 7.48. The Labute approximate surface area is 315 Å². The van der Waals surface area contributed by atoms with Gasteiger partial charge < -0.3 is 39.2 Å². The molecule has 0 saturated carbocycles. The number of rotatable bonds is 19. The summed E-state index contributed by atoms with van der Waals surface area (Å²) in [7, 11) is 1.01. The van der Waals surface area contributed by atoms with E-state index in [1.807, 2.05) is 26.0 Å². The van der Waals surface area contributed by atoms with Crippen LogP contribution in [0.1, 0.15) is 54.4 Å². The highest BCUT2D eigenvalue weighted by Gasteiger charge is 2.46. The summed E-state index contributed by atoms with van der Waals surface area (Å²) in [5, 5.41) is 5.31. The van der Waals surface area contributed by atoms with Gasteiger partial charge in [-0.3, -0.25) is 4.79 Å². The van der Waals surface area contributed by atoms with Crippen molar-refractivity contribution in [2.75, 3.05) is 72.2 Å². The second-order valence-corrected chi connectivity index (χ2v) is 16.0. The van der Waals surface area contributed by atoms with Crippen molar-refractivity contribution in [3.63, 3.8) is 0 Å². The number of nitrogens with zero attached hydrogens (tertiary/aromatic N) is 1. The van der Waals surface area contributed by atoms with Crippen molar-refractivity contribution >= 4 is 21.4 Å². The normalized spacial score (nSPS) is 19.9. The molecule has 5 atom stereocenters. The van der Waals surface area contributed by atoms with Crippen LogP contribution in [0, 0.1) is 12.8 Å². The molecule has 2 unspecified atom stereocenters. The fourth-order valence-corrected chi connectivity index (χ4v) is 9.70. The predicted octanol–water partition coefficient (Wildman–Crippen LogP) is 5.04. The van der Waals surface area contributed by atoms with Crippen molar-refractivity contribution in [2.24, 2.45) is 5.92 Å². The number of hydrogen-bond donors (Lipinski definition) is 2. The van der Waals surface area contributed by atoms with Crippen LogP contribution in [0.3, 0.4) is 0 Å². The maximum absolute atomic E-state index is 14.5. The molecule has 2 N–H and O–H groups in total. The minimum atomic E-state index is -3.92. The summed E-state index contributed by atoms with van der Waals surface area (Å²) in [6.45, 7) is 9.11. The van der Waals surface area contributed by atoms with Gasteiger partial charge in [-0.1, -0.05) is 55.0 Å². The van der Waals surface area contributed by atoms with Crippen LogP contribution in [0.2, 0.25) is 0 Å². The first-order chi connectivity index (χ1) is 25.7. The number of nitrogens with one attached hydrogen (secondary N) is 2. The van der Waals surface area contributed by atoms with Gasteiger partial charge in [-0.25, -0.2) is 8.42 Å². The van der Waals surface area contributed by atoms with Crippen molar-refractivity contribution in [1.82, 2.24) is 10.6 Å². The van der Waals surface area contributed by atoms with E-state index in [9.17, 15) is 13.2 Å². The van der Waals surface area contributed by atoms with Gasteiger partial charge in [0, 0.05) is 52.9 Å². The highest BCUT2D eigenvalue weighted by Crippen LogP contribution is 2.38. The molecule has 3 aromatic carbocycles. The summed E-state index contributed by atoms with van der Waals surface area (Å²) in [5.41, 5.74) is 5.13. The topological polar surface area (TPSA) is 125 Å². The van der Waals surface area contributed by atoms with E-state index in [0.717, 1.165) is 53.2 Å². The average molecular weight is 752 g/mol. The molecule has 2 aliphatic heterocycles. The van der Waals surface area contributed by atoms with Crippen LogP contribution in [-0.2, 0) is 46.8 Å². The number of ether oxygens (including phenoxy) is 5. The minimum Gasteiger partial charge on any atom is -0.490 e. The molecule has 290 valence electrons. The fraction of sp³-hybridized carbons (Fsp3) is 0.537. The maximum Gasteiger partial charge on any atom is 0.224 e. The Balaban J connectivity index is 1.43. The van der Waals surface area contributed by atoms with Gasteiger partial charge in [0.15, 0.2) is 9.84 Å². The number of hydrogen-bond acceptors (Lipinski definition) is 10. The zero-order valence-electron chi connectivity index (χ0n) is 31.8. The van der Waals surface area contributed by atoms with E-state index >= 15 is 0 Å².